The van der Waals surface area contributed by atoms with Gasteiger partial charge >= 0.3 is 0 Å². The Kier molecular flexibility index (Phi) is 4.68. The molecule has 160 valence electrons. The Hall–Kier alpha value is -3.25. The van der Waals surface area contributed by atoms with Crippen LogP contribution in [0.5, 0.6) is 0 Å². The molecule has 0 atom stereocenters. The van der Waals surface area contributed by atoms with Crippen molar-refractivity contribution in [2.75, 3.05) is 0 Å². The molecule has 0 aromatic carbocycles. The lowest BCUT2D eigenvalue weighted by Gasteiger charge is -2.03. The molecule has 6 rings (SSSR count). The minimum absolute atomic E-state index is 0.0684. The summed E-state index contributed by atoms with van der Waals surface area (Å²) in [6, 6.07) is 6.01. The largest absolute Gasteiger partial charge is 0.306 e. The third kappa shape index (κ3) is 3.75. The van der Waals surface area contributed by atoms with E-state index in [1.807, 2.05) is 39.8 Å². The molecular formula is C25H22ClN5O. The Morgan fingerprint density at radius 3 is 2.97 bits per heavy atom. The zero-order valence-corrected chi connectivity index (χ0v) is 18.3. The van der Waals surface area contributed by atoms with Gasteiger partial charge in [-0.15, -0.1) is 0 Å². The smallest absolute Gasteiger partial charge is 0.166 e. The number of carbonyl (C=O) groups excluding carboxylic acids is 1. The van der Waals surface area contributed by atoms with E-state index in [9.17, 15) is 4.79 Å². The van der Waals surface area contributed by atoms with Gasteiger partial charge in [0.2, 0.25) is 0 Å². The zero-order chi connectivity index (χ0) is 21.7. The van der Waals surface area contributed by atoms with Gasteiger partial charge in [-0.2, -0.15) is 5.10 Å². The van der Waals surface area contributed by atoms with Gasteiger partial charge in [0.05, 0.1) is 41.5 Å². The molecule has 1 saturated carbocycles. The Bertz CT molecular complexity index is 1380. The first kappa shape index (κ1) is 19.4. The minimum atomic E-state index is 0.0684. The molecule has 0 radical (unpaired) electrons. The van der Waals surface area contributed by atoms with Crippen molar-refractivity contribution in [1.82, 2.24) is 24.1 Å². The maximum Gasteiger partial charge on any atom is 0.166 e. The molecule has 7 heteroatoms. The second-order valence-electron chi connectivity index (χ2n) is 8.75. The summed E-state index contributed by atoms with van der Waals surface area (Å²) in [4.78, 5) is 21.8. The van der Waals surface area contributed by atoms with Crippen LogP contribution in [0.1, 0.15) is 58.1 Å². The number of hydrogen-bond acceptors (Lipinski definition) is 4. The van der Waals surface area contributed by atoms with E-state index in [0.717, 1.165) is 23.3 Å². The van der Waals surface area contributed by atoms with Gasteiger partial charge in [0, 0.05) is 30.0 Å². The summed E-state index contributed by atoms with van der Waals surface area (Å²) in [5.74, 6) is 0.785. The van der Waals surface area contributed by atoms with Crippen LogP contribution in [0.3, 0.4) is 0 Å². The molecule has 0 spiro atoms. The van der Waals surface area contributed by atoms with Gasteiger partial charge in [-0.3, -0.25) is 14.5 Å². The quantitative estimate of drug-likeness (QED) is 0.380. The molecule has 0 bridgehead atoms. The summed E-state index contributed by atoms with van der Waals surface area (Å²) in [7, 11) is 0. The fourth-order valence-corrected chi connectivity index (χ4v) is 4.59. The number of aryl methyl sites for hydroxylation is 1. The third-order valence-corrected chi connectivity index (χ3v) is 6.55. The van der Waals surface area contributed by atoms with Gasteiger partial charge in [0.25, 0.3) is 0 Å². The number of fused-ring (bicyclic) bond motifs is 2. The molecule has 0 N–H and O–H groups in total. The number of pyridine rings is 2. The van der Waals surface area contributed by atoms with Gasteiger partial charge in [-0.1, -0.05) is 17.7 Å². The highest BCUT2D eigenvalue weighted by molar-refractivity contribution is 6.30. The number of halogens is 1. The van der Waals surface area contributed by atoms with Gasteiger partial charge in [0.15, 0.2) is 5.78 Å². The predicted molar refractivity (Wildman–Crippen MR) is 123 cm³/mol. The number of hydrogen-bond donors (Lipinski definition) is 0. The van der Waals surface area contributed by atoms with Crippen molar-refractivity contribution < 1.29 is 4.79 Å². The average Bonchev–Trinajstić information content (AvgIpc) is 3.21. The van der Waals surface area contributed by atoms with E-state index in [1.54, 1.807) is 12.5 Å². The molecule has 0 saturated heterocycles. The van der Waals surface area contributed by atoms with Gasteiger partial charge in [0.1, 0.15) is 0 Å². The molecule has 0 amide bonds. The summed E-state index contributed by atoms with van der Waals surface area (Å²) in [5.41, 5.74) is 7.46. The lowest BCUT2D eigenvalue weighted by atomic mass is 10.1. The van der Waals surface area contributed by atoms with Crippen molar-refractivity contribution in [1.29, 1.82) is 0 Å². The molecular weight excluding hydrogens is 422 g/mol. The van der Waals surface area contributed by atoms with E-state index in [2.05, 4.69) is 27.2 Å². The van der Waals surface area contributed by atoms with Crippen molar-refractivity contribution in [2.24, 2.45) is 0 Å². The summed E-state index contributed by atoms with van der Waals surface area (Å²) in [6.07, 6.45) is 15.7. The minimum Gasteiger partial charge on any atom is -0.306 e. The summed E-state index contributed by atoms with van der Waals surface area (Å²) < 4.78 is 3.76. The van der Waals surface area contributed by atoms with Crippen molar-refractivity contribution in [3.8, 4) is 0 Å². The highest BCUT2D eigenvalue weighted by Crippen LogP contribution is 2.41. The van der Waals surface area contributed by atoms with Crippen molar-refractivity contribution in [3.05, 3.63) is 88.0 Å². The van der Waals surface area contributed by atoms with Crippen molar-refractivity contribution >= 4 is 29.0 Å². The number of aromatic nitrogens is 5. The average molecular weight is 444 g/mol. The molecule has 6 nitrogen and oxygen atoms in total. The van der Waals surface area contributed by atoms with E-state index < -0.39 is 0 Å². The van der Waals surface area contributed by atoms with Crippen LogP contribution in [0.15, 0.2) is 54.9 Å². The van der Waals surface area contributed by atoms with E-state index in [-0.39, 0.29) is 5.78 Å². The van der Waals surface area contributed by atoms with Crippen LogP contribution in [0.2, 0.25) is 5.02 Å². The number of rotatable bonds is 7. The van der Waals surface area contributed by atoms with Crippen LogP contribution in [0.25, 0.3) is 11.6 Å². The van der Waals surface area contributed by atoms with Gasteiger partial charge in [-0.05, 0) is 66.5 Å². The highest BCUT2D eigenvalue weighted by Gasteiger charge is 2.25. The molecule has 2 aliphatic carbocycles. The Morgan fingerprint density at radius 2 is 2.09 bits per heavy atom. The topological polar surface area (TPSA) is 65.1 Å². The van der Waals surface area contributed by atoms with Gasteiger partial charge in [-0.25, -0.2) is 4.98 Å². The molecule has 0 unspecified atom stereocenters. The summed E-state index contributed by atoms with van der Waals surface area (Å²) in [6.45, 7) is 0.673. The Morgan fingerprint density at radius 1 is 1.19 bits per heavy atom. The highest BCUT2D eigenvalue weighted by atomic mass is 35.5. The van der Waals surface area contributed by atoms with Crippen LogP contribution in [0.4, 0.5) is 0 Å². The molecule has 4 aromatic rings. The lowest BCUT2D eigenvalue weighted by molar-refractivity contribution is 0.0982. The molecule has 4 aromatic heterocycles. The zero-order valence-electron chi connectivity index (χ0n) is 17.5. The number of imidazole rings is 1. The van der Waals surface area contributed by atoms with E-state index in [0.29, 0.717) is 35.9 Å². The fourth-order valence-electron chi connectivity index (χ4n) is 4.43. The predicted octanol–water partition coefficient (Wildman–Crippen LogP) is 4.91. The number of ketones is 1. The van der Waals surface area contributed by atoms with Crippen molar-refractivity contribution in [3.63, 3.8) is 0 Å². The molecule has 1 fully saturated rings. The van der Waals surface area contributed by atoms with Crippen LogP contribution in [-0.2, 0) is 19.4 Å². The molecule has 32 heavy (non-hydrogen) atoms. The molecule has 4 heterocycles. The number of nitrogens with zero attached hydrogens (tertiary/aromatic N) is 5. The van der Waals surface area contributed by atoms with E-state index in [4.69, 9.17) is 11.6 Å². The normalized spacial score (nSPS) is 15.2. The Balaban J connectivity index is 1.09. The molecule has 0 aliphatic heterocycles. The summed E-state index contributed by atoms with van der Waals surface area (Å²) >= 11 is 6.10. The van der Waals surface area contributed by atoms with E-state index in [1.165, 1.54) is 29.5 Å². The maximum atomic E-state index is 12.7. The fraction of sp³-hybridized carbons (Fsp3) is 0.280. The van der Waals surface area contributed by atoms with Crippen LogP contribution >= 0.6 is 11.6 Å². The first-order valence-corrected chi connectivity index (χ1v) is 11.4. The van der Waals surface area contributed by atoms with Gasteiger partial charge < -0.3 is 4.40 Å². The monoisotopic (exact) mass is 443 g/mol. The SMILES string of the molecule is O=C(CCc1ncn2ccc(Cl)cc12)c1cnn(CC2=Cc3ncc(C4CC4)cc3C2)c1. The number of allylic oxidation sites excluding steroid dienone is 1. The van der Waals surface area contributed by atoms with Crippen LogP contribution in [-0.4, -0.2) is 29.9 Å². The first-order chi connectivity index (χ1) is 15.6. The maximum absolute atomic E-state index is 12.7. The second kappa shape index (κ2) is 7.71. The number of Topliss-reactive ketones (excluding diaryl/α,β-unsaturated/α-hetero) is 1. The first-order valence-electron chi connectivity index (χ1n) is 11.0. The second-order valence-corrected chi connectivity index (χ2v) is 9.18. The Labute approximate surface area is 190 Å². The molecule has 2 aliphatic rings. The van der Waals surface area contributed by atoms with Crippen LogP contribution in [0, 0.1) is 0 Å². The van der Waals surface area contributed by atoms with E-state index >= 15 is 0 Å². The standard InChI is InChI=1S/C25H22ClN5O/c26-21-5-6-30-15-28-22(24(30)10-21)3-4-25(32)20-12-29-31(14-20)13-16-7-18-9-19(17-1-2-17)11-27-23(18)8-16/h5-6,8-12,14-15,17H,1-4,7,13H2. The lowest BCUT2D eigenvalue weighted by Crippen LogP contribution is -2.03. The number of carbonyl (C=O) groups is 1. The van der Waals surface area contributed by atoms with Crippen molar-refractivity contribution in [2.45, 2.75) is 44.6 Å². The summed E-state index contributed by atoms with van der Waals surface area (Å²) in [5, 5.41) is 5.08. The third-order valence-electron chi connectivity index (χ3n) is 6.32. The van der Waals surface area contributed by atoms with Crippen LogP contribution < -0.4 is 0 Å².